The molecule has 0 unspecified atom stereocenters. The van der Waals surface area contributed by atoms with Gasteiger partial charge in [-0.3, -0.25) is 4.79 Å². The zero-order valence-electron chi connectivity index (χ0n) is 11.2. The number of hydrogen-bond acceptors (Lipinski definition) is 3. The Morgan fingerprint density at radius 1 is 1.32 bits per heavy atom. The minimum absolute atomic E-state index is 0.208. The van der Waals surface area contributed by atoms with Crippen molar-refractivity contribution in [3.8, 4) is 0 Å². The van der Waals surface area contributed by atoms with Crippen molar-refractivity contribution in [2.45, 2.75) is 38.3 Å². The van der Waals surface area contributed by atoms with Gasteiger partial charge in [0.2, 0.25) is 5.91 Å². The molecule has 1 atom stereocenters. The first-order valence-electron chi connectivity index (χ1n) is 6.15. The third kappa shape index (κ3) is 5.52. The number of nitrogens with two attached hydrogens (primary N) is 1. The molecular weight excluding hydrogens is 244 g/mol. The molecule has 1 aromatic carbocycles. The summed E-state index contributed by atoms with van der Waals surface area (Å²) in [5.41, 5.74) is 5.90. The summed E-state index contributed by atoms with van der Waals surface area (Å²) in [6.45, 7) is 3.65. The number of carboxylic acid groups (broad SMARTS) is 1. The van der Waals surface area contributed by atoms with Gasteiger partial charge in [0.15, 0.2) is 6.04 Å². The van der Waals surface area contributed by atoms with Gasteiger partial charge >= 0.3 is 5.97 Å². The Kier molecular flexibility index (Phi) is 5.06. The van der Waals surface area contributed by atoms with Gasteiger partial charge in [-0.15, -0.1) is 0 Å². The monoisotopic (exact) mass is 264 g/mol. The van der Waals surface area contributed by atoms with E-state index in [1.54, 1.807) is 30.3 Å². The summed E-state index contributed by atoms with van der Waals surface area (Å²) in [4.78, 5) is 22.9. The summed E-state index contributed by atoms with van der Waals surface area (Å²) in [6, 6.07) is 7.59. The van der Waals surface area contributed by atoms with Crippen LogP contribution in [-0.4, -0.2) is 22.5 Å². The lowest BCUT2D eigenvalue weighted by Gasteiger charge is -2.19. The number of amides is 1. The maximum Gasteiger partial charge on any atom is 0.330 e. The van der Waals surface area contributed by atoms with Crippen LogP contribution >= 0.6 is 0 Å². The van der Waals surface area contributed by atoms with Gasteiger partial charge < -0.3 is 16.2 Å². The van der Waals surface area contributed by atoms with Crippen LogP contribution in [-0.2, 0) is 9.59 Å². The van der Waals surface area contributed by atoms with Crippen molar-refractivity contribution in [3.63, 3.8) is 0 Å². The summed E-state index contributed by atoms with van der Waals surface area (Å²) in [7, 11) is 0. The fourth-order valence-corrected chi connectivity index (χ4v) is 1.60. The number of carboxylic acids is 1. The van der Waals surface area contributed by atoms with Crippen LogP contribution < -0.4 is 11.1 Å². The minimum Gasteiger partial charge on any atom is -0.479 e. The lowest BCUT2D eigenvalue weighted by Crippen LogP contribution is -2.37. The van der Waals surface area contributed by atoms with Crippen molar-refractivity contribution in [1.29, 1.82) is 0 Å². The van der Waals surface area contributed by atoms with Crippen LogP contribution in [0.1, 0.15) is 38.3 Å². The van der Waals surface area contributed by atoms with Crippen LogP contribution in [0.2, 0.25) is 0 Å². The first kappa shape index (κ1) is 15.2. The highest BCUT2D eigenvalue weighted by Crippen LogP contribution is 2.14. The molecule has 0 aliphatic heterocycles. The Labute approximate surface area is 112 Å². The number of carbonyl (C=O) groups is 2. The SMILES string of the molecule is CC(C)(N)CCC(=O)N[C@@H](C(=O)O)c1ccccc1. The summed E-state index contributed by atoms with van der Waals surface area (Å²) in [5, 5.41) is 11.7. The molecule has 5 heteroatoms. The quantitative estimate of drug-likeness (QED) is 0.725. The van der Waals surface area contributed by atoms with E-state index in [2.05, 4.69) is 5.32 Å². The fourth-order valence-electron chi connectivity index (χ4n) is 1.60. The normalized spacial score (nSPS) is 12.8. The molecular formula is C14H20N2O3. The van der Waals surface area contributed by atoms with Crippen LogP contribution in [0.4, 0.5) is 0 Å². The Morgan fingerprint density at radius 3 is 2.37 bits per heavy atom. The van der Waals surface area contributed by atoms with E-state index in [9.17, 15) is 9.59 Å². The van der Waals surface area contributed by atoms with E-state index in [-0.39, 0.29) is 12.3 Å². The molecule has 1 rings (SSSR count). The van der Waals surface area contributed by atoms with Crippen LogP contribution in [0.3, 0.4) is 0 Å². The Balaban J connectivity index is 2.65. The smallest absolute Gasteiger partial charge is 0.330 e. The van der Waals surface area contributed by atoms with E-state index in [0.29, 0.717) is 12.0 Å². The van der Waals surface area contributed by atoms with Gasteiger partial charge in [0.05, 0.1) is 0 Å². The summed E-state index contributed by atoms with van der Waals surface area (Å²) in [6.07, 6.45) is 0.708. The first-order valence-corrected chi connectivity index (χ1v) is 6.15. The highest BCUT2D eigenvalue weighted by atomic mass is 16.4. The molecule has 0 radical (unpaired) electrons. The third-order valence-corrected chi connectivity index (χ3v) is 2.68. The second-order valence-electron chi connectivity index (χ2n) is 5.24. The second kappa shape index (κ2) is 6.33. The van der Waals surface area contributed by atoms with Crippen LogP contribution in [0.5, 0.6) is 0 Å². The molecule has 0 aliphatic carbocycles. The predicted octanol–water partition coefficient (Wildman–Crippen LogP) is 1.45. The molecule has 0 saturated heterocycles. The van der Waals surface area contributed by atoms with Crippen LogP contribution in [0, 0.1) is 0 Å². The molecule has 104 valence electrons. The standard InChI is InChI=1S/C14H20N2O3/c1-14(2,15)9-8-11(17)16-12(13(18)19)10-6-4-3-5-7-10/h3-7,12H,8-9,15H2,1-2H3,(H,16,17)(H,18,19)/t12-/m1/s1. The lowest BCUT2D eigenvalue weighted by atomic mass is 9.99. The van der Waals surface area contributed by atoms with Gasteiger partial charge in [0.1, 0.15) is 0 Å². The number of nitrogens with one attached hydrogen (secondary N) is 1. The van der Waals surface area contributed by atoms with Crippen molar-refractivity contribution >= 4 is 11.9 Å². The molecule has 5 nitrogen and oxygen atoms in total. The van der Waals surface area contributed by atoms with Gasteiger partial charge in [-0.2, -0.15) is 0 Å². The maximum absolute atomic E-state index is 11.7. The van der Waals surface area contributed by atoms with E-state index in [1.165, 1.54) is 0 Å². The second-order valence-corrected chi connectivity index (χ2v) is 5.24. The zero-order chi connectivity index (χ0) is 14.5. The van der Waals surface area contributed by atoms with Crippen molar-refractivity contribution in [1.82, 2.24) is 5.32 Å². The highest BCUT2D eigenvalue weighted by Gasteiger charge is 2.22. The van der Waals surface area contributed by atoms with E-state index < -0.39 is 17.6 Å². The van der Waals surface area contributed by atoms with E-state index in [1.807, 2.05) is 13.8 Å². The molecule has 1 amide bonds. The van der Waals surface area contributed by atoms with Gasteiger partial charge in [-0.05, 0) is 25.8 Å². The highest BCUT2D eigenvalue weighted by molar-refractivity contribution is 5.84. The minimum atomic E-state index is -1.08. The van der Waals surface area contributed by atoms with E-state index in [0.717, 1.165) is 0 Å². The van der Waals surface area contributed by atoms with Crippen LogP contribution in [0.25, 0.3) is 0 Å². The largest absolute Gasteiger partial charge is 0.479 e. The van der Waals surface area contributed by atoms with Gasteiger partial charge in [0, 0.05) is 12.0 Å². The van der Waals surface area contributed by atoms with E-state index >= 15 is 0 Å². The van der Waals surface area contributed by atoms with Gasteiger partial charge in [-0.25, -0.2) is 4.79 Å². The number of carbonyl (C=O) groups excluding carboxylic acids is 1. The molecule has 4 N–H and O–H groups in total. The molecule has 1 aromatic rings. The van der Waals surface area contributed by atoms with E-state index in [4.69, 9.17) is 10.8 Å². The molecule has 19 heavy (non-hydrogen) atoms. The zero-order valence-corrected chi connectivity index (χ0v) is 11.2. The lowest BCUT2D eigenvalue weighted by molar-refractivity contribution is -0.142. The third-order valence-electron chi connectivity index (χ3n) is 2.68. The Hall–Kier alpha value is -1.88. The number of aliphatic carboxylic acids is 1. The number of benzene rings is 1. The molecule has 0 bridgehead atoms. The van der Waals surface area contributed by atoms with Crippen LogP contribution in [0.15, 0.2) is 30.3 Å². The first-order chi connectivity index (χ1) is 8.79. The Morgan fingerprint density at radius 2 is 1.89 bits per heavy atom. The van der Waals surface area contributed by atoms with Crippen molar-refractivity contribution < 1.29 is 14.7 Å². The topological polar surface area (TPSA) is 92.4 Å². The fraction of sp³-hybridized carbons (Fsp3) is 0.429. The predicted molar refractivity (Wildman–Crippen MR) is 72.5 cm³/mol. The van der Waals surface area contributed by atoms with Crippen molar-refractivity contribution in [3.05, 3.63) is 35.9 Å². The van der Waals surface area contributed by atoms with Gasteiger partial charge in [-0.1, -0.05) is 30.3 Å². The molecule has 0 saturated carbocycles. The molecule has 0 aliphatic rings. The maximum atomic E-state index is 11.7. The van der Waals surface area contributed by atoms with Gasteiger partial charge in [0.25, 0.3) is 0 Å². The summed E-state index contributed by atoms with van der Waals surface area (Å²) >= 11 is 0. The summed E-state index contributed by atoms with van der Waals surface area (Å²) < 4.78 is 0. The molecule has 0 fully saturated rings. The summed E-state index contributed by atoms with van der Waals surface area (Å²) in [5.74, 6) is -1.39. The number of hydrogen-bond donors (Lipinski definition) is 3. The molecule has 0 spiro atoms. The Bertz CT molecular complexity index is 438. The number of rotatable bonds is 6. The average Bonchev–Trinajstić information content (AvgIpc) is 2.33. The van der Waals surface area contributed by atoms with Crippen molar-refractivity contribution in [2.24, 2.45) is 5.73 Å². The average molecular weight is 264 g/mol. The molecule has 0 aromatic heterocycles. The van der Waals surface area contributed by atoms with Crippen molar-refractivity contribution in [2.75, 3.05) is 0 Å². The molecule has 0 heterocycles.